The molecule has 1 aliphatic rings. The fourth-order valence-electron chi connectivity index (χ4n) is 6.44. The average molecular weight is 860 g/mol. The first kappa shape index (κ1) is 47.8. The molecular weight excluding hydrogens is 803 g/mol. The van der Waals surface area contributed by atoms with Crippen LogP contribution in [-0.4, -0.2) is 118 Å². The topological polar surface area (TPSA) is 201 Å². The summed E-state index contributed by atoms with van der Waals surface area (Å²) in [6, 6.07) is 6.29. The molecule has 4 aromatic heterocycles. The van der Waals surface area contributed by atoms with Crippen LogP contribution in [0.15, 0.2) is 49.1 Å². The summed E-state index contributed by atoms with van der Waals surface area (Å²) in [6.07, 6.45) is 8.48. The minimum atomic E-state index is -0.566. The Morgan fingerprint density at radius 1 is 0.508 bits per heavy atom. The van der Waals surface area contributed by atoms with Gasteiger partial charge in [-0.3, -0.25) is 28.8 Å². The summed E-state index contributed by atoms with van der Waals surface area (Å²) in [4.78, 5) is 81.9. The molecule has 4 heterocycles. The average Bonchev–Trinajstić information content (AvgIpc) is 3.28. The van der Waals surface area contributed by atoms with E-state index in [1.807, 2.05) is 38.0 Å². The van der Waals surface area contributed by atoms with Gasteiger partial charge in [0.05, 0.1) is 34.6 Å². The lowest BCUT2D eigenvalue weighted by atomic mass is 10.2. The van der Waals surface area contributed by atoms with E-state index >= 15 is 0 Å². The normalized spacial score (nSPS) is 14.2. The number of anilines is 4. The Labute approximate surface area is 356 Å². The third-order valence-corrected chi connectivity index (χ3v) is 9.60. The number of halogens is 2. The molecule has 1 unspecified atom stereocenters. The smallest absolute Gasteiger partial charge is 0.272 e. The predicted molar refractivity (Wildman–Crippen MR) is 232 cm³/mol. The third kappa shape index (κ3) is 12.7. The first-order chi connectivity index (χ1) is 27.0. The third-order valence-electron chi connectivity index (χ3n) is 9.60. The van der Waals surface area contributed by atoms with Gasteiger partial charge in [-0.25, -0.2) is 0 Å². The van der Waals surface area contributed by atoms with Crippen molar-refractivity contribution in [3.63, 3.8) is 0 Å². The summed E-state index contributed by atoms with van der Waals surface area (Å²) < 4.78 is 6.44. The van der Waals surface area contributed by atoms with Crippen molar-refractivity contribution in [1.82, 2.24) is 38.7 Å². The fourth-order valence-corrected chi connectivity index (χ4v) is 6.44. The molecule has 59 heavy (non-hydrogen) atoms. The Balaban J connectivity index is 0.00000465. The van der Waals surface area contributed by atoms with Crippen molar-refractivity contribution in [1.29, 1.82) is 0 Å². The minimum absolute atomic E-state index is 0. The summed E-state index contributed by atoms with van der Waals surface area (Å²) >= 11 is 0. The van der Waals surface area contributed by atoms with E-state index in [9.17, 15) is 28.8 Å². The minimum Gasteiger partial charge on any atom is -0.351 e. The molecule has 1 aliphatic carbocycles. The van der Waals surface area contributed by atoms with Crippen molar-refractivity contribution < 1.29 is 28.8 Å². The van der Waals surface area contributed by atoms with E-state index in [1.54, 1.807) is 95.5 Å². The molecule has 0 aromatic carbocycles. The Morgan fingerprint density at radius 2 is 0.797 bits per heavy atom. The molecule has 20 heteroatoms. The number of aromatic nitrogens is 4. The number of hydrogen-bond acceptors (Lipinski definition) is 8. The van der Waals surface area contributed by atoms with Crippen LogP contribution in [-0.2, 0) is 37.8 Å². The van der Waals surface area contributed by atoms with Crippen molar-refractivity contribution in [3.05, 3.63) is 71.8 Å². The van der Waals surface area contributed by atoms with E-state index in [2.05, 4.69) is 31.9 Å². The number of nitrogens with zero attached hydrogens (tertiary/aromatic N) is 6. The van der Waals surface area contributed by atoms with Crippen LogP contribution >= 0.6 is 24.8 Å². The maximum Gasteiger partial charge on any atom is 0.272 e. The molecule has 6 N–H and O–H groups in total. The molecule has 1 saturated carbocycles. The largest absolute Gasteiger partial charge is 0.351 e. The fraction of sp³-hybridized carbons (Fsp3) is 0.436. The van der Waals surface area contributed by atoms with Crippen molar-refractivity contribution in [2.75, 3.05) is 75.6 Å². The Morgan fingerprint density at radius 3 is 1.10 bits per heavy atom. The van der Waals surface area contributed by atoms with Gasteiger partial charge in [0.1, 0.15) is 22.8 Å². The Kier molecular flexibility index (Phi) is 17.0. The number of nitrogens with one attached hydrogen (secondary N) is 6. The van der Waals surface area contributed by atoms with Gasteiger partial charge in [-0.2, -0.15) is 0 Å². The van der Waals surface area contributed by atoms with Crippen molar-refractivity contribution in [3.8, 4) is 0 Å². The van der Waals surface area contributed by atoms with E-state index in [0.717, 1.165) is 25.9 Å². The second kappa shape index (κ2) is 20.9. The van der Waals surface area contributed by atoms with E-state index < -0.39 is 23.7 Å². The molecule has 0 aliphatic heterocycles. The first-order valence-electron chi connectivity index (χ1n) is 18.8. The van der Waals surface area contributed by atoms with E-state index in [1.165, 1.54) is 0 Å². The van der Waals surface area contributed by atoms with Crippen LogP contribution in [0.5, 0.6) is 0 Å². The molecule has 4 aromatic rings. The highest BCUT2D eigenvalue weighted by Crippen LogP contribution is 2.40. The summed E-state index contributed by atoms with van der Waals surface area (Å²) in [5.41, 5.74) is 3.06. The quantitative estimate of drug-likeness (QED) is 0.0821. The number of rotatable bonds is 18. The molecule has 0 spiro atoms. The van der Waals surface area contributed by atoms with Gasteiger partial charge in [-0.05, 0) is 84.8 Å². The highest BCUT2D eigenvalue weighted by atomic mass is 35.5. The highest BCUT2D eigenvalue weighted by molar-refractivity contribution is 6.08. The molecule has 322 valence electrons. The zero-order valence-corrected chi connectivity index (χ0v) is 36.3. The molecule has 18 nitrogen and oxygen atoms in total. The number of amides is 6. The van der Waals surface area contributed by atoms with Gasteiger partial charge in [0.15, 0.2) is 0 Å². The van der Waals surface area contributed by atoms with Crippen LogP contribution in [0.3, 0.4) is 0 Å². The van der Waals surface area contributed by atoms with Gasteiger partial charge < -0.3 is 60.0 Å². The van der Waals surface area contributed by atoms with Gasteiger partial charge in [0.2, 0.25) is 11.8 Å². The Hall–Kier alpha value is -5.56. The molecule has 6 amide bonds. The molecular formula is C39H56Cl2N12O6. The van der Waals surface area contributed by atoms with Crippen LogP contribution in [0.4, 0.5) is 22.7 Å². The van der Waals surface area contributed by atoms with Crippen molar-refractivity contribution in [2.45, 2.75) is 19.3 Å². The SMILES string of the molecule is CN(C)CCCNC(=O)c1cc(NC(=O)c2cc(NC(=O)C3C[C@@H]3C(=O)Nc3cc(C(=O)Nc4cc(C(=O)NCCCN(C)C)n(C)c4)n(C)c3)cn2C)cn1C.Cl.Cl. The van der Waals surface area contributed by atoms with Crippen LogP contribution in [0.2, 0.25) is 0 Å². The predicted octanol–water partition coefficient (Wildman–Crippen LogP) is 2.97. The molecule has 2 atom stereocenters. The number of carbonyl (C=O) groups excluding carboxylic acids is 6. The lowest BCUT2D eigenvalue weighted by Gasteiger charge is -2.10. The lowest BCUT2D eigenvalue weighted by molar-refractivity contribution is -0.122. The number of carbonyl (C=O) groups is 6. The van der Waals surface area contributed by atoms with E-state index in [4.69, 9.17) is 0 Å². The molecule has 5 rings (SSSR count). The van der Waals surface area contributed by atoms with Crippen LogP contribution < -0.4 is 31.9 Å². The lowest BCUT2D eigenvalue weighted by Crippen LogP contribution is -2.28. The molecule has 0 saturated heterocycles. The molecule has 0 bridgehead atoms. The highest BCUT2D eigenvalue weighted by Gasteiger charge is 2.48. The van der Waals surface area contributed by atoms with Crippen LogP contribution in [0.25, 0.3) is 0 Å². The van der Waals surface area contributed by atoms with Crippen LogP contribution in [0, 0.1) is 11.8 Å². The second-order valence-corrected chi connectivity index (χ2v) is 15.1. The van der Waals surface area contributed by atoms with Gasteiger partial charge in [0, 0.05) is 66.1 Å². The van der Waals surface area contributed by atoms with E-state index in [-0.39, 0.29) is 59.8 Å². The maximum absolute atomic E-state index is 13.2. The van der Waals surface area contributed by atoms with E-state index in [0.29, 0.717) is 53.6 Å². The number of aryl methyl sites for hydroxylation is 4. The second-order valence-electron chi connectivity index (χ2n) is 15.1. The summed E-state index contributed by atoms with van der Waals surface area (Å²) in [5, 5.41) is 17.0. The van der Waals surface area contributed by atoms with Gasteiger partial charge in [-0.1, -0.05) is 0 Å². The summed E-state index contributed by atoms with van der Waals surface area (Å²) in [7, 11) is 14.7. The van der Waals surface area contributed by atoms with Crippen LogP contribution in [0.1, 0.15) is 61.2 Å². The zero-order valence-electron chi connectivity index (χ0n) is 34.7. The number of hydrogen-bond donors (Lipinski definition) is 6. The van der Waals surface area contributed by atoms with Crippen molar-refractivity contribution >= 4 is 83.0 Å². The molecule has 0 radical (unpaired) electrons. The van der Waals surface area contributed by atoms with Gasteiger partial charge in [0.25, 0.3) is 23.6 Å². The monoisotopic (exact) mass is 858 g/mol. The Bertz CT molecular complexity index is 2000. The summed E-state index contributed by atoms with van der Waals surface area (Å²) in [6.45, 7) is 2.76. The first-order valence-corrected chi connectivity index (χ1v) is 18.8. The summed E-state index contributed by atoms with van der Waals surface area (Å²) in [5.74, 6) is -3.17. The van der Waals surface area contributed by atoms with Gasteiger partial charge >= 0.3 is 0 Å². The van der Waals surface area contributed by atoms with Gasteiger partial charge in [-0.15, -0.1) is 24.8 Å². The van der Waals surface area contributed by atoms with Crippen molar-refractivity contribution in [2.24, 2.45) is 40.0 Å². The maximum atomic E-state index is 13.2. The standard InChI is InChI=1S/C39H54N12O6.2ClH/c1-46(2)13-9-11-40-36(54)30-15-26(22-48(30)5)44-38(56)32-17-24(20-50(32)7)42-34(52)28-19-29(28)35(53)43-25-18-33(51(8)21-25)39(57)45-27-16-31(49(6)23-27)37(55)41-12-10-14-47(3)4;;/h15-18,20-23,28-29H,9-14,19H2,1-8H3,(H,40,54)(H,41,55)(H,42,52)(H,43,53)(H,44,56)(H,45,57);2*1H/t28-,29?;;/m0../s1. The zero-order chi connectivity index (χ0) is 41.6. The molecule has 1 fully saturated rings.